The van der Waals surface area contributed by atoms with Gasteiger partial charge < -0.3 is 19.6 Å². The van der Waals surface area contributed by atoms with Crippen molar-refractivity contribution in [2.24, 2.45) is 11.7 Å². The van der Waals surface area contributed by atoms with Crippen molar-refractivity contribution in [3.05, 3.63) is 59.7 Å². The summed E-state index contributed by atoms with van der Waals surface area (Å²) in [5, 5.41) is 1.01. The molecular weight excluding hydrogens is 417 g/mol. The molecule has 1 saturated heterocycles. The Balaban J connectivity index is 1.43. The largest absolute Gasteiger partial charge is 0.339 e. The van der Waals surface area contributed by atoms with Crippen LogP contribution in [0.5, 0.6) is 0 Å². The summed E-state index contributed by atoms with van der Waals surface area (Å²) in [6.07, 6.45) is 6.25. The van der Waals surface area contributed by atoms with Crippen molar-refractivity contribution in [2.75, 3.05) is 13.1 Å². The summed E-state index contributed by atoms with van der Waals surface area (Å²) in [6.45, 7) is 4.25. The first-order chi connectivity index (χ1) is 16.0. The van der Waals surface area contributed by atoms with Crippen LogP contribution in [0, 0.1) is 18.7 Å². The number of pyridine rings is 1. The van der Waals surface area contributed by atoms with Crippen LogP contribution in [0.1, 0.15) is 41.7 Å². The van der Waals surface area contributed by atoms with E-state index >= 15 is 0 Å². The molecule has 2 aliphatic rings. The maximum absolute atomic E-state index is 14.0. The number of carbonyl (C=O) groups is 1. The number of rotatable bonds is 4. The number of nitrogens with two attached hydrogens (primary N) is 1. The molecule has 4 aromatic rings. The van der Waals surface area contributed by atoms with E-state index in [1.165, 1.54) is 18.9 Å². The Bertz CT molecular complexity index is 1380. The molecule has 3 aromatic heterocycles. The number of nitrogens with zero attached hydrogens (tertiary/aromatic N) is 4. The molecule has 1 saturated carbocycles. The molecule has 33 heavy (non-hydrogen) atoms. The molecular formula is C26H28FN5O. The summed E-state index contributed by atoms with van der Waals surface area (Å²) in [4.78, 5) is 19.9. The molecule has 1 atom stereocenters. The van der Waals surface area contributed by atoms with E-state index in [0.29, 0.717) is 18.0 Å². The molecule has 0 spiro atoms. The lowest BCUT2D eigenvalue weighted by atomic mass is 10.1. The molecule has 7 heteroatoms. The van der Waals surface area contributed by atoms with Crippen LogP contribution in [-0.2, 0) is 6.54 Å². The van der Waals surface area contributed by atoms with Gasteiger partial charge in [0.2, 0.25) is 0 Å². The third-order valence-corrected chi connectivity index (χ3v) is 7.10. The number of amides is 1. The van der Waals surface area contributed by atoms with Crippen molar-refractivity contribution in [3.63, 3.8) is 0 Å². The van der Waals surface area contributed by atoms with E-state index in [-0.39, 0.29) is 17.8 Å². The summed E-state index contributed by atoms with van der Waals surface area (Å²) >= 11 is 0. The van der Waals surface area contributed by atoms with E-state index in [1.807, 2.05) is 40.6 Å². The van der Waals surface area contributed by atoms with E-state index < -0.39 is 0 Å². The second-order valence-corrected chi connectivity index (χ2v) is 9.63. The fourth-order valence-corrected chi connectivity index (χ4v) is 5.10. The second-order valence-electron chi connectivity index (χ2n) is 9.63. The number of aromatic nitrogens is 3. The van der Waals surface area contributed by atoms with Gasteiger partial charge in [0, 0.05) is 48.5 Å². The molecule has 4 heterocycles. The molecule has 1 aromatic carbocycles. The monoisotopic (exact) mass is 445 g/mol. The van der Waals surface area contributed by atoms with Gasteiger partial charge in [0.05, 0.1) is 11.2 Å². The van der Waals surface area contributed by atoms with Crippen LogP contribution in [0.15, 0.2) is 42.6 Å². The molecule has 0 bridgehead atoms. The van der Waals surface area contributed by atoms with Crippen molar-refractivity contribution >= 4 is 22.5 Å². The Morgan fingerprint density at radius 1 is 1.18 bits per heavy atom. The van der Waals surface area contributed by atoms with Gasteiger partial charge in [0.15, 0.2) is 0 Å². The van der Waals surface area contributed by atoms with E-state index in [0.717, 1.165) is 59.6 Å². The zero-order valence-corrected chi connectivity index (χ0v) is 18.8. The van der Waals surface area contributed by atoms with Crippen molar-refractivity contribution in [3.8, 4) is 11.4 Å². The minimum Gasteiger partial charge on any atom is -0.339 e. The molecule has 1 aliphatic carbocycles. The van der Waals surface area contributed by atoms with Crippen molar-refractivity contribution in [2.45, 2.75) is 45.2 Å². The Kier molecular flexibility index (Phi) is 4.76. The predicted molar refractivity (Wildman–Crippen MR) is 127 cm³/mol. The molecule has 2 N–H and O–H groups in total. The highest BCUT2D eigenvalue weighted by molar-refractivity contribution is 5.95. The third kappa shape index (κ3) is 3.60. The topological polar surface area (TPSA) is 68.6 Å². The number of likely N-dealkylation sites (tertiary alicyclic amines) is 1. The van der Waals surface area contributed by atoms with Crippen molar-refractivity contribution in [1.29, 1.82) is 0 Å². The number of benzene rings is 1. The lowest BCUT2D eigenvalue weighted by Crippen LogP contribution is -2.45. The smallest absolute Gasteiger partial charge is 0.254 e. The van der Waals surface area contributed by atoms with Gasteiger partial charge in [0.1, 0.15) is 17.2 Å². The number of hydrogen-bond donors (Lipinski definition) is 1. The normalized spacial score (nSPS) is 19.0. The SMILES string of the molecule is Cc1c(-c2cc3ccc(F)cc3n2CC2CC2)nc2cc(C(=O)N3CCC[C@@H](N)C3)ccn12. The average molecular weight is 446 g/mol. The van der Waals surface area contributed by atoms with Crippen LogP contribution in [0.3, 0.4) is 0 Å². The van der Waals surface area contributed by atoms with Crippen LogP contribution < -0.4 is 5.73 Å². The fraction of sp³-hybridized carbons (Fsp3) is 0.385. The van der Waals surface area contributed by atoms with Gasteiger partial charge in [-0.25, -0.2) is 9.37 Å². The standard InChI is InChI=1S/C26H28FN5O/c1-16-25(23-11-18-6-7-20(27)13-22(18)32(23)14-17-4-5-17)29-24-12-19(8-10-31(16)24)26(33)30-9-2-3-21(28)15-30/h6-8,10-13,17,21H,2-5,9,14-15,28H2,1H3/t21-/m1/s1. The minimum absolute atomic E-state index is 0.00757. The Morgan fingerprint density at radius 2 is 2.03 bits per heavy atom. The molecule has 1 aliphatic heterocycles. The molecule has 2 fully saturated rings. The molecule has 6 rings (SSSR count). The highest BCUT2D eigenvalue weighted by atomic mass is 19.1. The zero-order valence-electron chi connectivity index (χ0n) is 18.8. The Hall–Kier alpha value is -3.19. The van der Waals surface area contributed by atoms with Crippen LogP contribution in [0.2, 0.25) is 0 Å². The summed E-state index contributed by atoms with van der Waals surface area (Å²) in [6, 6.07) is 10.8. The summed E-state index contributed by atoms with van der Waals surface area (Å²) in [5.41, 5.74) is 11.2. The highest BCUT2D eigenvalue weighted by Gasteiger charge is 2.26. The Morgan fingerprint density at radius 3 is 2.82 bits per heavy atom. The first-order valence-corrected chi connectivity index (χ1v) is 11.8. The number of piperidine rings is 1. The summed E-state index contributed by atoms with van der Waals surface area (Å²) in [5.74, 6) is 0.421. The number of imidazole rings is 1. The lowest BCUT2D eigenvalue weighted by molar-refractivity contribution is 0.0709. The second kappa shape index (κ2) is 7.70. The van der Waals surface area contributed by atoms with Gasteiger partial charge in [-0.05, 0) is 74.9 Å². The maximum atomic E-state index is 14.0. The van der Waals surface area contributed by atoms with E-state index in [1.54, 1.807) is 6.07 Å². The van der Waals surface area contributed by atoms with E-state index in [4.69, 9.17) is 10.7 Å². The van der Waals surface area contributed by atoms with Crippen LogP contribution in [-0.4, -0.2) is 43.9 Å². The first-order valence-electron chi connectivity index (χ1n) is 11.8. The van der Waals surface area contributed by atoms with Gasteiger partial charge in [0.25, 0.3) is 5.91 Å². The van der Waals surface area contributed by atoms with Gasteiger partial charge in [-0.2, -0.15) is 0 Å². The van der Waals surface area contributed by atoms with Gasteiger partial charge in [-0.1, -0.05) is 0 Å². The number of aryl methyl sites for hydroxylation is 1. The van der Waals surface area contributed by atoms with Gasteiger partial charge in [-0.15, -0.1) is 0 Å². The quantitative estimate of drug-likeness (QED) is 0.507. The number of hydrogen-bond acceptors (Lipinski definition) is 3. The molecule has 6 nitrogen and oxygen atoms in total. The van der Waals surface area contributed by atoms with Crippen molar-refractivity contribution < 1.29 is 9.18 Å². The minimum atomic E-state index is -0.225. The molecule has 0 radical (unpaired) electrons. The number of fused-ring (bicyclic) bond motifs is 2. The summed E-state index contributed by atoms with van der Waals surface area (Å²) < 4.78 is 18.3. The number of halogens is 1. The first kappa shape index (κ1) is 20.4. The predicted octanol–water partition coefficient (Wildman–Crippen LogP) is 4.38. The lowest BCUT2D eigenvalue weighted by Gasteiger charge is -2.30. The number of carbonyl (C=O) groups excluding carboxylic acids is 1. The molecule has 1 amide bonds. The fourth-order valence-electron chi connectivity index (χ4n) is 5.10. The van der Waals surface area contributed by atoms with Crippen LogP contribution >= 0.6 is 0 Å². The van der Waals surface area contributed by atoms with E-state index in [2.05, 4.69) is 10.6 Å². The Labute approximate surface area is 191 Å². The summed E-state index contributed by atoms with van der Waals surface area (Å²) in [7, 11) is 0. The van der Waals surface area contributed by atoms with Crippen molar-refractivity contribution in [1.82, 2.24) is 18.9 Å². The van der Waals surface area contributed by atoms with E-state index in [9.17, 15) is 9.18 Å². The maximum Gasteiger partial charge on any atom is 0.254 e. The van der Waals surface area contributed by atoms with Gasteiger partial charge >= 0.3 is 0 Å². The van der Waals surface area contributed by atoms with Gasteiger partial charge in [-0.3, -0.25) is 4.79 Å². The highest BCUT2D eigenvalue weighted by Crippen LogP contribution is 2.37. The zero-order chi connectivity index (χ0) is 22.7. The third-order valence-electron chi connectivity index (χ3n) is 7.10. The molecule has 0 unspecified atom stereocenters. The molecule has 170 valence electrons. The van der Waals surface area contributed by atoms with Crippen LogP contribution in [0.25, 0.3) is 27.9 Å². The van der Waals surface area contributed by atoms with Crippen LogP contribution in [0.4, 0.5) is 4.39 Å². The average Bonchev–Trinajstić information content (AvgIpc) is 3.49.